The topological polar surface area (TPSA) is 29.1 Å². The molecule has 0 aliphatic rings. The molecule has 1 N–H and O–H groups in total. The SMILES string of the molecule is Cc1ccc(NC(=O)c2ccccc2)c(Br)c1C(F)(F)F. The number of hydrogen-bond acceptors (Lipinski definition) is 1. The normalized spacial score (nSPS) is 11.3. The Bertz CT molecular complexity index is 669. The van der Waals surface area contributed by atoms with E-state index in [2.05, 4.69) is 21.2 Å². The number of nitrogens with one attached hydrogen (secondary N) is 1. The summed E-state index contributed by atoms with van der Waals surface area (Å²) in [5, 5.41) is 2.48. The summed E-state index contributed by atoms with van der Waals surface area (Å²) in [4.78, 5) is 12.0. The van der Waals surface area contributed by atoms with Crippen molar-refractivity contribution in [1.82, 2.24) is 0 Å². The van der Waals surface area contributed by atoms with Gasteiger partial charge in [-0.25, -0.2) is 0 Å². The zero-order valence-electron chi connectivity index (χ0n) is 11.0. The van der Waals surface area contributed by atoms with Gasteiger partial charge in [-0.3, -0.25) is 4.79 Å². The van der Waals surface area contributed by atoms with Gasteiger partial charge >= 0.3 is 6.18 Å². The molecule has 0 fully saturated rings. The highest BCUT2D eigenvalue weighted by atomic mass is 79.9. The number of carbonyl (C=O) groups is 1. The number of carbonyl (C=O) groups excluding carboxylic acids is 1. The number of alkyl halides is 3. The van der Waals surface area contributed by atoms with Crippen molar-refractivity contribution in [1.29, 1.82) is 0 Å². The lowest BCUT2D eigenvalue weighted by atomic mass is 10.1. The Balaban J connectivity index is 2.36. The monoisotopic (exact) mass is 357 g/mol. The predicted octanol–water partition coefficient (Wildman–Crippen LogP) is 5.03. The number of anilines is 1. The summed E-state index contributed by atoms with van der Waals surface area (Å²) in [5.74, 6) is -0.465. The Morgan fingerprint density at radius 3 is 2.29 bits per heavy atom. The van der Waals surface area contributed by atoms with E-state index in [-0.39, 0.29) is 15.7 Å². The van der Waals surface area contributed by atoms with Gasteiger partial charge in [0.25, 0.3) is 5.91 Å². The Labute approximate surface area is 128 Å². The fourth-order valence-corrected chi connectivity index (χ4v) is 2.67. The molecule has 0 radical (unpaired) electrons. The summed E-state index contributed by atoms with van der Waals surface area (Å²) >= 11 is 2.93. The predicted molar refractivity (Wildman–Crippen MR) is 78.3 cm³/mol. The second-order valence-corrected chi connectivity index (χ2v) is 5.23. The molecule has 0 unspecified atom stereocenters. The van der Waals surface area contributed by atoms with E-state index in [1.54, 1.807) is 30.3 Å². The van der Waals surface area contributed by atoms with Crippen LogP contribution in [0.15, 0.2) is 46.9 Å². The minimum atomic E-state index is -4.49. The average molecular weight is 358 g/mol. The van der Waals surface area contributed by atoms with Gasteiger partial charge in [-0.05, 0) is 46.6 Å². The summed E-state index contributed by atoms with van der Waals surface area (Å²) in [7, 11) is 0. The molecule has 0 bridgehead atoms. The van der Waals surface area contributed by atoms with E-state index in [0.29, 0.717) is 5.56 Å². The van der Waals surface area contributed by atoms with Crippen molar-refractivity contribution in [2.75, 3.05) is 5.32 Å². The van der Waals surface area contributed by atoms with Gasteiger partial charge in [0, 0.05) is 5.56 Å². The highest BCUT2D eigenvalue weighted by molar-refractivity contribution is 9.10. The van der Waals surface area contributed by atoms with Crippen LogP contribution in [0.3, 0.4) is 0 Å². The quantitative estimate of drug-likeness (QED) is 0.802. The van der Waals surface area contributed by atoms with E-state index in [1.807, 2.05) is 0 Å². The molecule has 110 valence electrons. The Morgan fingerprint density at radius 2 is 1.71 bits per heavy atom. The van der Waals surface area contributed by atoms with Crippen LogP contribution in [0.4, 0.5) is 18.9 Å². The summed E-state index contributed by atoms with van der Waals surface area (Å²) < 4.78 is 38.9. The lowest BCUT2D eigenvalue weighted by Crippen LogP contribution is -2.15. The maximum Gasteiger partial charge on any atom is 0.417 e. The second-order valence-electron chi connectivity index (χ2n) is 4.44. The number of hydrogen-bond donors (Lipinski definition) is 1. The molecule has 2 aromatic rings. The molecule has 2 rings (SSSR count). The van der Waals surface area contributed by atoms with E-state index in [9.17, 15) is 18.0 Å². The van der Waals surface area contributed by atoms with Gasteiger partial charge in [0.15, 0.2) is 0 Å². The van der Waals surface area contributed by atoms with E-state index >= 15 is 0 Å². The van der Waals surface area contributed by atoms with Gasteiger partial charge in [0.05, 0.1) is 15.7 Å². The van der Waals surface area contributed by atoms with Crippen molar-refractivity contribution in [2.24, 2.45) is 0 Å². The first-order chi connectivity index (χ1) is 9.80. The van der Waals surface area contributed by atoms with Crippen molar-refractivity contribution in [2.45, 2.75) is 13.1 Å². The molecule has 0 spiro atoms. The molecule has 21 heavy (non-hydrogen) atoms. The van der Waals surface area contributed by atoms with E-state index in [1.165, 1.54) is 19.1 Å². The van der Waals surface area contributed by atoms with Crippen LogP contribution in [0.2, 0.25) is 0 Å². The highest BCUT2D eigenvalue weighted by Crippen LogP contribution is 2.40. The Morgan fingerprint density at radius 1 is 1.10 bits per heavy atom. The lowest BCUT2D eigenvalue weighted by molar-refractivity contribution is -0.138. The van der Waals surface area contributed by atoms with Crippen LogP contribution in [-0.4, -0.2) is 5.91 Å². The fraction of sp³-hybridized carbons (Fsp3) is 0.133. The molecule has 0 aliphatic heterocycles. The third kappa shape index (κ3) is 3.44. The molecule has 1 amide bonds. The maximum absolute atomic E-state index is 13.0. The molecule has 0 saturated carbocycles. The van der Waals surface area contributed by atoms with Crippen molar-refractivity contribution < 1.29 is 18.0 Å². The number of halogens is 4. The third-order valence-corrected chi connectivity index (χ3v) is 3.74. The maximum atomic E-state index is 13.0. The zero-order valence-corrected chi connectivity index (χ0v) is 12.5. The lowest BCUT2D eigenvalue weighted by Gasteiger charge is -2.16. The molecule has 0 aromatic heterocycles. The van der Waals surface area contributed by atoms with Crippen LogP contribution >= 0.6 is 15.9 Å². The first-order valence-electron chi connectivity index (χ1n) is 6.03. The van der Waals surface area contributed by atoms with Gasteiger partial charge < -0.3 is 5.32 Å². The van der Waals surface area contributed by atoms with Crippen LogP contribution in [-0.2, 0) is 6.18 Å². The minimum Gasteiger partial charge on any atom is -0.321 e. The fourth-order valence-electron chi connectivity index (χ4n) is 1.90. The van der Waals surface area contributed by atoms with Gasteiger partial charge in [0.1, 0.15) is 0 Å². The van der Waals surface area contributed by atoms with E-state index in [4.69, 9.17) is 0 Å². The Kier molecular flexibility index (Phi) is 4.37. The van der Waals surface area contributed by atoms with Crippen molar-refractivity contribution in [3.05, 3.63) is 63.6 Å². The van der Waals surface area contributed by atoms with Gasteiger partial charge in [-0.1, -0.05) is 24.3 Å². The molecule has 2 nitrogen and oxygen atoms in total. The minimum absolute atomic E-state index is 0.0850. The first-order valence-corrected chi connectivity index (χ1v) is 6.82. The molecule has 0 heterocycles. The van der Waals surface area contributed by atoms with E-state index in [0.717, 1.165) is 0 Å². The molecule has 6 heteroatoms. The van der Waals surface area contributed by atoms with Crippen molar-refractivity contribution >= 4 is 27.5 Å². The largest absolute Gasteiger partial charge is 0.417 e. The smallest absolute Gasteiger partial charge is 0.321 e. The van der Waals surface area contributed by atoms with Gasteiger partial charge in [-0.2, -0.15) is 13.2 Å². The Hall–Kier alpha value is -1.82. The second kappa shape index (κ2) is 5.89. The van der Waals surface area contributed by atoms with Crippen LogP contribution in [0, 0.1) is 6.92 Å². The van der Waals surface area contributed by atoms with Crippen LogP contribution < -0.4 is 5.32 Å². The summed E-state index contributed by atoms with van der Waals surface area (Å²) in [6, 6.07) is 11.1. The molecule has 0 saturated heterocycles. The third-order valence-electron chi connectivity index (χ3n) is 2.92. The number of benzene rings is 2. The first kappa shape index (κ1) is 15.6. The molecule has 0 aliphatic carbocycles. The summed E-state index contributed by atoms with van der Waals surface area (Å²) in [6.07, 6.45) is -4.49. The van der Waals surface area contributed by atoms with E-state index < -0.39 is 17.6 Å². The van der Waals surface area contributed by atoms with Gasteiger partial charge in [0.2, 0.25) is 0 Å². The summed E-state index contributed by atoms with van der Waals surface area (Å²) in [5.41, 5.74) is -0.235. The van der Waals surface area contributed by atoms with Crippen LogP contribution in [0.25, 0.3) is 0 Å². The van der Waals surface area contributed by atoms with Gasteiger partial charge in [-0.15, -0.1) is 0 Å². The van der Waals surface area contributed by atoms with Crippen molar-refractivity contribution in [3.63, 3.8) is 0 Å². The van der Waals surface area contributed by atoms with Crippen LogP contribution in [0.1, 0.15) is 21.5 Å². The standard InChI is InChI=1S/C15H11BrF3NO/c1-9-7-8-11(13(16)12(9)15(17,18)19)20-14(21)10-5-3-2-4-6-10/h2-8H,1H3,(H,20,21). The highest BCUT2D eigenvalue weighted by Gasteiger charge is 2.35. The van der Waals surface area contributed by atoms with Crippen molar-refractivity contribution in [3.8, 4) is 0 Å². The molecule has 2 aromatic carbocycles. The average Bonchev–Trinajstić information content (AvgIpc) is 2.41. The number of aryl methyl sites for hydroxylation is 1. The zero-order chi connectivity index (χ0) is 15.6. The summed E-state index contributed by atoms with van der Waals surface area (Å²) in [6.45, 7) is 1.37. The number of amides is 1. The molecular formula is C15H11BrF3NO. The molecule has 0 atom stereocenters. The number of rotatable bonds is 2. The molecular weight excluding hydrogens is 347 g/mol. The van der Waals surface area contributed by atoms with Crippen LogP contribution in [0.5, 0.6) is 0 Å².